The van der Waals surface area contributed by atoms with Gasteiger partial charge >= 0.3 is 11.9 Å². The third kappa shape index (κ3) is 9.12. The van der Waals surface area contributed by atoms with Gasteiger partial charge in [-0.05, 0) is 12.1 Å². The fourth-order valence-corrected chi connectivity index (χ4v) is 4.46. The van der Waals surface area contributed by atoms with Gasteiger partial charge in [-0.25, -0.2) is 14.6 Å². The standard InChI is InChI=1S/C18H12Cl2N4O4S.C9H7NO5/c19-12-6-5-10(7-13(12)20)15-9-29-18(21-15)23-22-14(17(25)26)8-11-3-1-2-4-16(11)24(27)28;11-8(9(12)13)5-6-3-1-2-4-7(6)10(14)15/h1-7,9H,8H2,(H,21,23)(H,25,26);1-4H,5H2,(H,12,13)/b22-14-;. The Labute approximate surface area is 261 Å². The number of hydrazone groups is 1. The average molecular weight is 660 g/mol. The third-order valence-corrected chi connectivity index (χ3v) is 7.06. The topological polar surface area (TPSA) is 215 Å². The van der Waals surface area contributed by atoms with Crippen LogP contribution in [0.1, 0.15) is 11.1 Å². The third-order valence-electron chi connectivity index (χ3n) is 5.58. The van der Waals surface area contributed by atoms with Crippen molar-refractivity contribution in [3.05, 3.63) is 114 Å². The molecule has 0 atom stereocenters. The summed E-state index contributed by atoms with van der Waals surface area (Å²) in [5, 5.41) is 46.2. The Balaban J connectivity index is 0.000000297. The van der Waals surface area contributed by atoms with E-state index in [0.717, 1.165) is 5.56 Å². The van der Waals surface area contributed by atoms with E-state index in [1.54, 1.807) is 29.6 Å². The molecule has 0 saturated heterocycles. The molecule has 0 unspecified atom stereocenters. The van der Waals surface area contributed by atoms with E-state index in [9.17, 15) is 39.7 Å². The number of hydrogen-bond donors (Lipinski definition) is 3. The second-order valence-corrected chi connectivity index (χ2v) is 10.2. The van der Waals surface area contributed by atoms with Gasteiger partial charge in [0.2, 0.25) is 10.9 Å². The number of nitrogens with zero attached hydrogens (tertiary/aromatic N) is 4. The number of rotatable bonds is 11. The molecular weight excluding hydrogens is 641 g/mol. The summed E-state index contributed by atoms with van der Waals surface area (Å²) in [4.78, 5) is 57.4. The maximum Gasteiger partial charge on any atom is 0.372 e. The number of nitro benzene ring substituents is 2. The Hall–Kier alpha value is -5.25. The van der Waals surface area contributed by atoms with Gasteiger partial charge < -0.3 is 10.2 Å². The van der Waals surface area contributed by atoms with Crippen LogP contribution in [0.4, 0.5) is 16.5 Å². The van der Waals surface area contributed by atoms with Crippen LogP contribution in [0, 0.1) is 20.2 Å². The van der Waals surface area contributed by atoms with Crippen LogP contribution in [-0.4, -0.2) is 48.5 Å². The van der Waals surface area contributed by atoms with Crippen LogP contribution >= 0.6 is 34.5 Å². The predicted molar refractivity (Wildman–Crippen MR) is 163 cm³/mol. The lowest BCUT2D eigenvalue weighted by atomic mass is 10.1. The first-order valence-electron chi connectivity index (χ1n) is 12.0. The molecule has 0 aliphatic carbocycles. The van der Waals surface area contributed by atoms with Gasteiger partial charge in [-0.15, -0.1) is 11.3 Å². The fraction of sp³-hybridized carbons (Fsp3) is 0.0741. The molecule has 44 heavy (non-hydrogen) atoms. The normalized spacial score (nSPS) is 10.7. The first kappa shape index (κ1) is 33.3. The summed E-state index contributed by atoms with van der Waals surface area (Å²) in [6.07, 6.45) is -0.684. The maximum absolute atomic E-state index is 11.5. The Morgan fingerprint density at radius 3 is 1.93 bits per heavy atom. The molecule has 3 N–H and O–H groups in total. The van der Waals surface area contributed by atoms with Crippen molar-refractivity contribution >= 4 is 74.5 Å². The Morgan fingerprint density at radius 1 is 0.841 bits per heavy atom. The van der Waals surface area contributed by atoms with Crippen molar-refractivity contribution < 1.29 is 34.4 Å². The summed E-state index contributed by atoms with van der Waals surface area (Å²) in [7, 11) is 0. The number of ketones is 1. The Morgan fingerprint density at radius 2 is 1.41 bits per heavy atom. The van der Waals surface area contributed by atoms with Gasteiger partial charge in [0.25, 0.3) is 11.4 Å². The Bertz CT molecular complexity index is 1780. The van der Waals surface area contributed by atoms with Crippen molar-refractivity contribution in [2.75, 3.05) is 5.43 Å². The molecule has 1 aromatic heterocycles. The van der Waals surface area contributed by atoms with Crippen LogP contribution < -0.4 is 5.43 Å². The Kier molecular flexibility index (Phi) is 11.6. The monoisotopic (exact) mass is 659 g/mol. The van der Waals surface area contributed by atoms with E-state index in [-0.39, 0.29) is 34.6 Å². The molecule has 0 aliphatic rings. The van der Waals surface area contributed by atoms with E-state index in [1.807, 2.05) is 0 Å². The summed E-state index contributed by atoms with van der Waals surface area (Å²) in [6.45, 7) is 0. The number of carboxylic acid groups (broad SMARTS) is 2. The number of para-hydroxylation sites is 2. The second kappa shape index (κ2) is 15.3. The van der Waals surface area contributed by atoms with Gasteiger partial charge in [-0.2, -0.15) is 5.10 Å². The average Bonchev–Trinajstić information content (AvgIpc) is 3.46. The lowest BCUT2D eigenvalue weighted by Gasteiger charge is -2.04. The number of nitro groups is 2. The van der Waals surface area contributed by atoms with Gasteiger partial charge in [0, 0.05) is 47.0 Å². The van der Waals surface area contributed by atoms with Crippen molar-refractivity contribution in [3.8, 4) is 11.3 Å². The molecule has 0 saturated carbocycles. The summed E-state index contributed by atoms with van der Waals surface area (Å²) >= 11 is 13.1. The molecule has 4 aromatic rings. The smallest absolute Gasteiger partial charge is 0.372 e. The number of benzene rings is 3. The predicted octanol–water partition coefficient (Wildman–Crippen LogP) is 5.91. The largest absolute Gasteiger partial charge is 0.477 e. The summed E-state index contributed by atoms with van der Waals surface area (Å²) in [5.41, 5.74) is 3.61. The first-order valence-corrected chi connectivity index (χ1v) is 13.7. The van der Waals surface area contributed by atoms with Crippen LogP contribution in [0.2, 0.25) is 10.0 Å². The highest BCUT2D eigenvalue weighted by Gasteiger charge is 2.20. The number of hydrogen-bond acceptors (Lipinski definition) is 11. The zero-order chi connectivity index (χ0) is 32.4. The minimum absolute atomic E-state index is 0.106. The minimum Gasteiger partial charge on any atom is -0.477 e. The van der Waals surface area contributed by atoms with Crippen LogP contribution in [0.3, 0.4) is 0 Å². The molecule has 17 heteroatoms. The van der Waals surface area contributed by atoms with E-state index in [0.29, 0.717) is 20.9 Å². The molecule has 226 valence electrons. The summed E-state index contributed by atoms with van der Waals surface area (Å²) in [5.74, 6) is -3.95. The highest BCUT2D eigenvalue weighted by atomic mass is 35.5. The fourth-order valence-electron chi connectivity index (χ4n) is 3.50. The van der Waals surface area contributed by atoms with E-state index < -0.39 is 34.0 Å². The summed E-state index contributed by atoms with van der Waals surface area (Å²) < 4.78 is 0. The number of anilines is 1. The molecule has 0 radical (unpaired) electrons. The van der Waals surface area contributed by atoms with Gasteiger partial charge in [-0.3, -0.25) is 30.4 Å². The number of carbonyl (C=O) groups excluding carboxylic acids is 1. The lowest BCUT2D eigenvalue weighted by Crippen LogP contribution is -2.18. The van der Waals surface area contributed by atoms with Crippen LogP contribution in [0.15, 0.2) is 77.2 Å². The zero-order valence-corrected chi connectivity index (χ0v) is 24.4. The number of aliphatic carboxylic acids is 2. The number of nitrogens with one attached hydrogen (secondary N) is 1. The zero-order valence-electron chi connectivity index (χ0n) is 22.0. The van der Waals surface area contributed by atoms with E-state index >= 15 is 0 Å². The molecule has 4 rings (SSSR count). The van der Waals surface area contributed by atoms with Gasteiger partial charge in [0.15, 0.2) is 0 Å². The molecular formula is C27H19Cl2N5O9S. The highest BCUT2D eigenvalue weighted by molar-refractivity contribution is 7.14. The lowest BCUT2D eigenvalue weighted by molar-refractivity contribution is -0.385. The van der Waals surface area contributed by atoms with Crippen molar-refractivity contribution in [1.82, 2.24) is 4.98 Å². The molecule has 0 bridgehead atoms. The van der Waals surface area contributed by atoms with Crippen molar-refractivity contribution in [1.29, 1.82) is 0 Å². The quantitative estimate of drug-likeness (QED) is 0.0743. The molecule has 14 nitrogen and oxygen atoms in total. The summed E-state index contributed by atoms with van der Waals surface area (Å²) in [6, 6.07) is 16.5. The second-order valence-electron chi connectivity index (χ2n) is 8.50. The highest BCUT2D eigenvalue weighted by Crippen LogP contribution is 2.30. The first-order chi connectivity index (χ1) is 20.9. The molecule has 0 amide bonds. The molecule has 3 aromatic carbocycles. The number of carbonyl (C=O) groups is 3. The number of aromatic nitrogens is 1. The molecule has 0 fully saturated rings. The van der Waals surface area contributed by atoms with Crippen LogP contribution in [0.25, 0.3) is 11.3 Å². The van der Waals surface area contributed by atoms with Crippen molar-refractivity contribution in [2.45, 2.75) is 12.8 Å². The number of carboxylic acids is 2. The van der Waals surface area contributed by atoms with E-state index in [2.05, 4.69) is 15.5 Å². The van der Waals surface area contributed by atoms with Crippen LogP contribution in [0.5, 0.6) is 0 Å². The van der Waals surface area contributed by atoms with Crippen molar-refractivity contribution in [3.63, 3.8) is 0 Å². The maximum atomic E-state index is 11.5. The van der Waals surface area contributed by atoms with Crippen LogP contribution in [-0.2, 0) is 27.2 Å². The van der Waals surface area contributed by atoms with Crippen molar-refractivity contribution in [2.24, 2.45) is 5.10 Å². The molecule has 0 spiro atoms. The SMILES string of the molecule is O=C(O)/C(Cc1ccccc1[N+](=O)[O-])=N\Nc1nc(-c2ccc(Cl)c(Cl)c2)cs1.O=C(O)C(=O)Cc1ccccc1[N+](=O)[O-]. The number of halogens is 2. The number of Topliss-reactive ketones (excluding diaryl/α,β-unsaturated/α-hetero) is 1. The molecule has 0 aliphatic heterocycles. The van der Waals surface area contributed by atoms with Gasteiger partial charge in [0.05, 0.1) is 25.6 Å². The van der Waals surface area contributed by atoms with E-state index in [1.165, 1.54) is 53.8 Å². The molecule has 1 heterocycles. The minimum atomic E-state index is -1.59. The van der Waals surface area contributed by atoms with E-state index in [4.69, 9.17) is 28.3 Å². The van der Waals surface area contributed by atoms with Gasteiger partial charge in [0.1, 0.15) is 5.71 Å². The van der Waals surface area contributed by atoms with Gasteiger partial charge in [-0.1, -0.05) is 65.7 Å². The number of thiazole rings is 1.